The number of nitrogens with zero attached hydrogens (tertiary/aromatic N) is 1. The second-order valence-electron chi connectivity index (χ2n) is 7.20. The Morgan fingerprint density at radius 1 is 1.18 bits per heavy atom. The molecule has 0 radical (unpaired) electrons. The van der Waals surface area contributed by atoms with Gasteiger partial charge in [0.2, 0.25) is 0 Å². The molecular formula is C24H27N3O6. The van der Waals surface area contributed by atoms with Crippen molar-refractivity contribution < 1.29 is 28.9 Å². The number of esters is 1. The van der Waals surface area contributed by atoms with E-state index in [-0.39, 0.29) is 25.4 Å². The monoisotopic (exact) mass is 453 g/mol. The average molecular weight is 453 g/mol. The van der Waals surface area contributed by atoms with E-state index in [1.807, 2.05) is 25.1 Å². The van der Waals surface area contributed by atoms with Gasteiger partial charge >= 0.3 is 5.97 Å². The Kier molecular flexibility index (Phi) is 7.68. The summed E-state index contributed by atoms with van der Waals surface area (Å²) in [5.41, 5.74) is 9.34. The van der Waals surface area contributed by atoms with Crippen LogP contribution in [0.15, 0.2) is 36.5 Å². The van der Waals surface area contributed by atoms with Crippen molar-refractivity contribution in [1.29, 1.82) is 0 Å². The number of fused-ring (bicyclic) bond motifs is 1. The van der Waals surface area contributed by atoms with Gasteiger partial charge in [0.15, 0.2) is 11.5 Å². The number of carbonyl (C=O) groups is 2. The summed E-state index contributed by atoms with van der Waals surface area (Å²) in [5, 5.41) is 13.6. The molecule has 0 spiro atoms. The Bertz CT molecular complexity index is 1180. The predicted octanol–water partition coefficient (Wildman–Crippen LogP) is 3.08. The minimum atomic E-state index is -0.635. The molecule has 0 unspecified atom stereocenters. The Labute approximate surface area is 191 Å². The fraction of sp³-hybridized carbons (Fsp3) is 0.292. The maximum atomic E-state index is 12.2. The molecule has 3 aromatic rings. The number of methoxy groups -OCH3 is 1. The van der Waals surface area contributed by atoms with Crippen LogP contribution in [0.25, 0.3) is 10.9 Å². The highest BCUT2D eigenvalue weighted by molar-refractivity contribution is 6.08. The van der Waals surface area contributed by atoms with E-state index in [0.717, 1.165) is 16.8 Å². The summed E-state index contributed by atoms with van der Waals surface area (Å²) >= 11 is 0. The zero-order chi connectivity index (χ0) is 24.0. The van der Waals surface area contributed by atoms with Crippen LogP contribution in [0.1, 0.15) is 35.3 Å². The third-order valence-electron chi connectivity index (χ3n) is 5.12. The number of nitrogens with two attached hydrogens (primary N) is 1. The van der Waals surface area contributed by atoms with Gasteiger partial charge in [-0.05, 0) is 29.7 Å². The molecule has 4 N–H and O–H groups in total. The number of pyridine rings is 1. The fourth-order valence-corrected chi connectivity index (χ4v) is 3.58. The van der Waals surface area contributed by atoms with Crippen LogP contribution < -0.4 is 20.5 Å². The molecule has 0 aliphatic carbocycles. The van der Waals surface area contributed by atoms with Crippen LogP contribution in [0.5, 0.6) is 11.5 Å². The summed E-state index contributed by atoms with van der Waals surface area (Å²) in [6.07, 6.45) is 2.08. The number of aliphatic hydroxyl groups excluding tert-OH is 1. The smallest absolute Gasteiger partial charge is 0.302 e. The number of rotatable bonds is 10. The highest BCUT2D eigenvalue weighted by Crippen LogP contribution is 2.38. The fourth-order valence-electron chi connectivity index (χ4n) is 3.58. The van der Waals surface area contributed by atoms with Crippen LogP contribution in [-0.4, -0.2) is 42.3 Å². The number of amides is 1. The molecule has 0 bridgehead atoms. The molecule has 9 heteroatoms. The SMILES string of the molecule is CCc1c(CO)cccc1Nc1c(C(N)=O)cnc2cc(OCCOC(C)=O)c(OC)cc12. The van der Waals surface area contributed by atoms with Crippen LogP contribution in [0.2, 0.25) is 0 Å². The molecule has 0 aliphatic heterocycles. The van der Waals surface area contributed by atoms with E-state index < -0.39 is 11.9 Å². The maximum absolute atomic E-state index is 12.2. The number of anilines is 2. The van der Waals surface area contributed by atoms with Gasteiger partial charge in [0.25, 0.3) is 5.91 Å². The number of carbonyl (C=O) groups excluding carboxylic acids is 2. The van der Waals surface area contributed by atoms with E-state index in [0.29, 0.717) is 34.5 Å². The highest BCUT2D eigenvalue weighted by Gasteiger charge is 2.18. The first-order valence-electron chi connectivity index (χ1n) is 10.4. The van der Waals surface area contributed by atoms with Crippen molar-refractivity contribution >= 4 is 34.2 Å². The molecule has 174 valence electrons. The summed E-state index contributed by atoms with van der Waals surface area (Å²) < 4.78 is 16.1. The van der Waals surface area contributed by atoms with Crippen LogP contribution in [0, 0.1) is 0 Å². The Morgan fingerprint density at radius 2 is 1.97 bits per heavy atom. The quantitative estimate of drug-likeness (QED) is 0.315. The van der Waals surface area contributed by atoms with Crippen LogP contribution >= 0.6 is 0 Å². The van der Waals surface area contributed by atoms with Crippen LogP contribution in [0.4, 0.5) is 11.4 Å². The number of primary amides is 1. The van der Waals surface area contributed by atoms with E-state index in [1.165, 1.54) is 20.2 Å². The first-order chi connectivity index (χ1) is 15.9. The second-order valence-corrected chi connectivity index (χ2v) is 7.20. The largest absolute Gasteiger partial charge is 0.493 e. The molecule has 1 aromatic heterocycles. The first-order valence-corrected chi connectivity index (χ1v) is 10.4. The summed E-state index contributed by atoms with van der Waals surface area (Å²) in [5.74, 6) is -0.198. The summed E-state index contributed by atoms with van der Waals surface area (Å²) in [6, 6.07) is 8.95. The minimum Gasteiger partial charge on any atom is -0.493 e. The maximum Gasteiger partial charge on any atom is 0.302 e. The van der Waals surface area contributed by atoms with Gasteiger partial charge in [-0.3, -0.25) is 14.6 Å². The molecule has 0 saturated carbocycles. The molecule has 1 heterocycles. The Morgan fingerprint density at radius 3 is 2.61 bits per heavy atom. The molecule has 0 fully saturated rings. The molecule has 0 saturated heterocycles. The summed E-state index contributed by atoms with van der Waals surface area (Å²) in [7, 11) is 1.50. The van der Waals surface area contributed by atoms with E-state index >= 15 is 0 Å². The van der Waals surface area contributed by atoms with Gasteiger partial charge in [0.05, 0.1) is 30.5 Å². The lowest BCUT2D eigenvalue weighted by Crippen LogP contribution is -2.15. The predicted molar refractivity (Wildman–Crippen MR) is 124 cm³/mol. The normalized spacial score (nSPS) is 10.7. The van der Waals surface area contributed by atoms with Gasteiger partial charge in [-0.25, -0.2) is 0 Å². The van der Waals surface area contributed by atoms with E-state index in [4.69, 9.17) is 19.9 Å². The molecule has 9 nitrogen and oxygen atoms in total. The van der Waals surface area contributed by atoms with Crippen molar-refractivity contribution in [2.75, 3.05) is 25.6 Å². The Hall–Kier alpha value is -3.85. The lowest BCUT2D eigenvalue weighted by molar-refractivity contribution is -0.141. The van der Waals surface area contributed by atoms with Crippen LogP contribution in [-0.2, 0) is 22.6 Å². The zero-order valence-corrected chi connectivity index (χ0v) is 18.8. The number of nitrogens with one attached hydrogen (secondary N) is 1. The number of aliphatic hydroxyl groups is 1. The van der Waals surface area contributed by atoms with Crippen molar-refractivity contribution in [3.8, 4) is 11.5 Å². The van der Waals surface area contributed by atoms with Crippen molar-refractivity contribution in [2.45, 2.75) is 26.9 Å². The van der Waals surface area contributed by atoms with Crippen molar-refractivity contribution in [2.24, 2.45) is 5.73 Å². The number of ether oxygens (including phenoxy) is 3. The third kappa shape index (κ3) is 5.32. The Balaban J connectivity index is 2.09. The van der Waals surface area contributed by atoms with Gasteiger partial charge in [-0.1, -0.05) is 19.1 Å². The van der Waals surface area contributed by atoms with Crippen LogP contribution in [0.3, 0.4) is 0 Å². The van der Waals surface area contributed by atoms with Crippen molar-refractivity contribution in [1.82, 2.24) is 4.98 Å². The van der Waals surface area contributed by atoms with Gasteiger partial charge < -0.3 is 30.4 Å². The standard InChI is InChI=1S/C24H27N3O6/c1-4-16-15(13-28)6-5-7-19(16)27-23-17-10-21(31-3)22(33-9-8-32-14(2)29)11-20(17)26-12-18(23)24(25)30/h5-7,10-12,28H,4,8-9,13H2,1-3H3,(H2,25,30)(H,26,27). The van der Waals surface area contributed by atoms with Gasteiger partial charge in [-0.15, -0.1) is 0 Å². The van der Waals surface area contributed by atoms with E-state index in [9.17, 15) is 14.7 Å². The zero-order valence-electron chi connectivity index (χ0n) is 18.8. The number of hydrogen-bond acceptors (Lipinski definition) is 8. The number of benzene rings is 2. The lowest BCUT2D eigenvalue weighted by atomic mass is 10.0. The molecule has 0 atom stereocenters. The lowest BCUT2D eigenvalue weighted by Gasteiger charge is -2.19. The van der Waals surface area contributed by atoms with Gasteiger partial charge in [-0.2, -0.15) is 0 Å². The summed E-state index contributed by atoms with van der Waals surface area (Å²) in [6.45, 7) is 3.45. The van der Waals surface area contributed by atoms with E-state index in [1.54, 1.807) is 12.1 Å². The number of hydrogen-bond donors (Lipinski definition) is 3. The summed E-state index contributed by atoms with van der Waals surface area (Å²) in [4.78, 5) is 27.5. The van der Waals surface area contributed by atoms with Gasteiger partial charge in [0.1, 0.15) is 13.2 Å². The molecule has 2 aromatic carbocycles. The van der Waals surface area contributed by atoms with Crippen molar-refractivity contribution in [3.63, 3.8) is 0 Å². The van der Waals surface area contributed by atoms with E-state index in [2.05, 4.69) is 10.3 Å². The molecule has 33 heavy (non-hydrogen) atoms. The van der Waals surface area contributed by atoms with Crippen molar-refractivity contribution in [3.05, 3.63) is 53.2 Å². The first kappa shape index (κ1) is 23.8. The number of aromatic nitrogens is 1. The molecular weight excluding hydrogens is 426 g/mol. The molecule has 0 aliphatic rings. The van der Waals surface area contributed by atoms with Gasteiger partial charge in [0, 0.05) is 30.3 Å². The minimum absolute atomic E-state index is 0.0956. The topological polar surface area (TPSA) is 133 Å². The molecule has 1 amide bonds. The molecule has 3 rings (SSSR count). The second kappa shape index (κ2) is 10.6. The third-order valence-corrected chi connectivity index (χ3v) is 5.12. The highest BCUT2D eigenvalue weighted by atomic mass is 16.6. The average Bonchev–Trinajstić information content (AvgIpc) is 2.80.